The number of aryl methyl sites for hydroxylation is 2. The first-order chi connectivity index (χ1) is 14.0. The molecule has 6 nitrogen and oxygen atoms in total. The molecular weight excluding hydrogens is 388 g/mol. The highest BCUT2D eigenvalue weighted by atomic mass is 35.5. The molecule has 0 atom stereocenters. The summed E-state index contributed by atoms with van der Waals surface area (Å²) < 4.78 is 3.09. The van der Waals surface area contributed by atoms with Gasteiger partial charge in [0.05, 0.1) is 21.8 Å². The molecule has 7 heteroatoms. The van der Waals surface area contributed by atoms with Gasteiger partial charge in [-0.15, -0.1) is 0 Å². The van der Waals surface area contributed by atoms with E-state index in [9.17, 15) is 9.59 Å². The number of halogens is 1. The number of rotatable bonds is 4. The van der Waals surface area contributed by atoms with Crippen LogP contribution in [0.5, 0.6) is 0 Å². The Kier molecular flexibility index (Phi) is 4.94. The summed E-state index contributed by atoms with van der Waals surface area (Å²) in [4.78, 5) is 30.2. The summed E-state index contributed by atoms with van der Waals surface area (Å²) in [7, 11) is 0. The maximum atomic E-state index is 13.1. The van der Waals surface area contributed by atoms with E-state index in [2.05, 4.69) is 10.3 Å². The second-order valence-electron chi connectivity index (χ2n) is 6.85. The lowest BCUT2D eigenvalue weighted by Crippen LogP contribution is -2.27. The first-order valence-corrected chi connectivity index (χ1v) is 9.52. The maximum Gasteiger partial charge on any atom is 0.280 e. The topological polar surface area (TPSA) is 68.9 Å². The van der Waals surface area contributed by atoms with Crippen LogP contribution in [0.4, 0.5) is 5.69 Å². The van der Waals surface area contributed by atoms with Gasteiger partial charge in [-0.3, -0.25) is 14.3 Å². The molecule has 0 fully saturated rings. The van der Waals surface area contributed by atoms with Crippen molar-refractivity contribution in [1.29, 1.82) is 0 Å². The van der Waals surface area contributed by atoms with Crippen molar-refractivity contribution in [2.75, 3.05) is 5.32 Å². The summed E-state index contributed by atoms with van der Waals surface area (Å²) >= 11 is 6.14. The van der Waals surface area contributed by atoms with Crippen LogP contribution in [0.3, 0.4) is 0 Å². The van der Waals surface area contributed by atoms with E-state index in [1.54, 1.807) is 47.3 Å². The van der Waals surface area contributed by atoms with Gasteiger partial charge in [0.25, 0.3) is 5.56 Å². The second-order valence-corrected chi connectivity index (χ2v) is 7.25. The fraction of sp³-hybridized carbons (Fsp3) is 0.136. The number of carbonyl (C=O) groups excluding carboxylic acids is 1. The van der Waals surface area contributed by atoms with Gasteiger partial charge in [0.1, 0.15) is 6.54 Å². The minimum absolute atomic E-state index is 0.0894. The molecule has 2 aromatic carbocycles. The molecule has 4 aromatic rings. The number of amides is 1. The minimum atomic E-state index is -0.307. The van der Waals surface area contributed by atoms with E-state index in [1.807, 2.05) is 32.0 Å². The molecular formula is C22H19ClN4O2. The fourth-order valence-corrected chi connectivity index (χ4v) is 3.42. The first kappa shape index (κ1) is 19.0. The van der Waals surface area contributed by atoms with Crippen molar-refractivity contribution >= 4 is 34.2 Å². The highest BCUT2D eigenvalue weighted by molar-refractivity contribution is 6.33. The summed E-state index contributed by atoms with van der Waals surface area (Å²) in [6.45, 7) is 3.91. The Morgan fingerprint density at radius 3 is 2.62 bits per heavy atom. The zero-order chi connectivity index (χ0) is 20.5. The van der Waals surface area contributed by atoms with Gasteiger partial charge in [-0.25, -0.2) is 9.67 Å². The van der Waals surface area contributed by atoms with Gasteiger partial charge in [-0.05, 0) is 61.4 Å². The van der Waals surface area contributed by atoms with E-state index in [0.717, 1.165) is 11.1 Å². The quantitative estimate of drug-likeness (QED) is 0.554. The van der Waals surface area contributed by atoms with Crippen LogP contribution >= 0.6 is 11.6 Å². The molecule has 4 rings (SSSR count). The standard InChI is InChI=1S/C22H19ClN4O2/c1-14-9-10-16(12-15(14)2)27-22(29)17-6-5-11-24-21(17)26(27)13-20(28)25-19-8-4-3-7-18(19)23/h3-12H,13H2,1-2H3,(H,25,28). The first-order valence-electron chi connectivity index (χ1n) is 9.14. The van der Waals surface area contributed by atoms with E-state index < -0.39 is 0 Å². The molecule has 1 N–H and O–H groups in total. The third kappa shape index (κ3) is 3.54. The maximum absolute atomic E-state index is 13.1. The number of nitrogens with one attached hydrogen (secondary N) is 1. The Morgan fingerprint density at radius 2 is 1.86 bits per heavy atom. The number of anilines is 1. The van der Waals surface area contributed by atoms with Gasteiger partial charge in [0.2, 0.25) is 5.91 Å². The molecule has 0 bridgehead atoms. The molecule has 0 spiro atoms. The predicted molar refractivity (Wildman–Crippen MR) is 115 cm³/mol. The SMILES string of the molecule is Cc1ccc(-n2c(=O)c3cccnc3n2CC(=O)Nc2ccccc2Cl)cc1C. The van der Waals surface area contributed by atoms with Gasteiger partial charge in [0, 0.05) is 6.20 Å². The van der Waals surface area contributed by atoms with Crippen LogP contribution in [0.1, 0.15) is 11.1 Å². The van der Waals surface area contributed by atoms with Crippen molar-refractivity contribution in [3.63, 3.8) is 0 Å². The van der Waals surface area contributed by atoms with E-state index in [4.69, 9.17) is 11.6 Å². The number of carbonyl (C=O) groups is 1. The Labute approximate surface area is 172 Å². The van der Waals surface area contributed by atoms with Crippen LogP contribution in [0.25, 0.3) is 16.7 Å². The lowest BCUT2D eigenvalue weighted by molar-refractivity contribution is -0.116. The van der Waals surface area contributed by atoms with Crippen LogP contribution in [-0.2, 0) is 11.3 Å². The van der Waals surface area contributed by atoms with Crippen LogP contribution in [0.2, 0.25) is 5.02 Å². The molecule has 0 unspecified atom stereocenters. The zero-order valence-electron chi connectivity index (χ0n) is 16.0. The molecule has 1 amide bonds. The van der Waals surface area contributed by atoms with E-state index in [0.29, 0.717) is 27.4 Å². The summed E-state index contributed by atoms with van der Waals surface area (Å²) in [6.07, 6.45) is 1.61. The normalized spacial score (nSPS) is 11.0. The molecule has 0 aliphatic carbocycles. The predicted octanol–water partition coefficient (Wildman–Crippen LogP) is 4.10. The molecule has 29 heavy (non-hydrogen) atoms. The third-order valence-electron chi connectivity index (χ3n) is 4.87. The largest absolute Gasteiger partial charge is 0.323 e. The van der Waals surface area contributed by atoms with E-state index >= 15 is 0 Å². The van der Waals surface area contributed by atoms with Gasteiger partial charge in [-0.1, -0.05) is 29.8 Å². The summed E-state index contributed by atoms with van der Waals surface area (Å²) in [5.41, 5.74) is 3.61. The lowest BCUT2D eigenvalue weighted by Gasteiger charge is -2.14. The highest BCUT2D eigenvalue weighted by Crippen LogP contribution is 2.21. The number of para-hydroxylation sites is 1. The van der Waals surface area contributed by atoms with Crippen molar-refractivity contribution in [3.8, 4) is 5.69 Å². The van der Waals surface area contributed by atoms with Crippen molar-refractivity contribution < 1.29 is 4.79 Å². The fourth-order valence-electron chi connectivity index (χ4n) is 3.24. The number of hydrogen-bond donors (Lipinski definition) is 1. The molecule has 0 radical (unpaired) electrons. The Bertz CT molecular complexity index is 1290. The highest BCUT2D eigenvalue weighted by Gasteiger charge is 2.18. The van der Waals surface area contributed by atoms with Crippen molar-refractivity contribution in [2.45, 2.75) is 20.4 Å². The Balaban J connectivity index is 1.80. The van der Waals surface area contributed by atoms with E-state index in [1.165, 1.54) is 4.68 Å². The minimum Gasteiger partial charge on any atom is -0.323 e. The lowest BCUT2D eigenvalue weighted by atomic mass is 10.1. The zero-order valence-corrected chi connectivity index (χ0v) is 16.8. The third-order valence-corrected chi connectivity index (χ3v) is 5.20. The van der Waals surface area contributed by atoms with Crippen LogP contribution < -0.4 is 10.9 Å². The van der Waals surface area contributed by atoms with Gasteiger partial charge in [-0.2, -0.15) is 0 Å². The van der Waals surface area contributed by atoms with Gasteiger partial charge in [0.15, 0.2) is 5.65 Å². The molecule has 146 valence electrons. The smallest absolute Gasteiger partial charge is 0.280 e. The number of benzene rings is 2. The number of aromatic nitrogens is 3. The van der Waals surface area contributed by atoms with E-state index in [-0.39, 0.29) is 18.0 Å². The van der Waals surface area contributed by atoms with Crippen LogP contribution in [0.15, 0.2) is 65.6 Å². The molecule has 2 heterocycles. The van der Waals surface area contributed by atoms with Crippen molar-refractivity contribution in [1.82, 2.24) is 14.3 Å². The molecule has 0 saturated carbocycles. The molecule has 0 aliphatic heterocycles. The monoisotopic (exact) mass is 406 g/mol. The van der Waals surface area contributed by atoms with Crippen molar-refractivity contribution in [2.24, 2.45) is 0 Å². The Morgan fingerprint density at radius 1 is 1.07 bits per heavy atom. The summed E-state index contributed by atoms with van der Waals surface area (Å²) in [5.74, 6) is -0.307. The molecule has 0 aliphatic rings. The van der Waals surface area contributed by atoms with Gasteiger partial charge < -0.3 is 5.32 Å². The number of fused-ring (bicyclic) bond motifs is 1. The summed E-state index contributed by atoms with van der Waals surface area (Å²) in [5, 5.41) is 3.70. The second kappa shape index (κ2) is 7.56. The summed E-state index contributed by atoms with van der Waals surface area (Å²) in [6, 6.07) is 16.2. The Hall–Kier alpha value is -3.38. The van der Waals surface area contributed by atoms with Crippen LogP contribution in [-0.4, -0.2) is 20.3 Å². The average Bonchev–Trinajstić information content (AvgIpc) is 2.98. The van der Waals surface area contributed by atoms with Crippen LogP contribution in [0, 0.1) is 13.8 Å². The molecule has 2 aromatic heterocycles. The number of hydrogen-bond acceptors (Lipinski definition) is 3. The number of pyridine rings is 1. The molecule has 0 saturated heterocycles. The average molecular weight is 407 g/mol. The van der Waals surface area contributed by atoms with Crippen molar-refractivity contribution in [3.05, 3.63) is 87.3 Å². The number of nitrogens with zero attached hydrogens (tertiary/aromatic N) is 3. The van der Waals surface area contributed by atoms with Gasteiger partial charge >= 0.3 is 0 Å².